The lowest BCUT2D eigenvalue weighted by atomic mass is 10.2. The smallest absolute Gasteiger partial charge is 0.234 e. The quantitative estimate of drug-likeness (QED) is 0.875. The van der Waals surface area contributed by atoms with E-state index in [0.717, 1.165) is 16.7 Å². The normalized spacial score (nSPS) is 11.8. The molecular weight excluding hydrogens is 312 g/mol. The number of anilines is 1. The summed E-state index contributed by atoms with van der Waals surface area (Å²) in [5.41, 5.74) is 2.24. The molecule has 0 bridgehead atoms. The molecule has 122 valence electrons. The first-order valence-corrected chi connectivity index (χ1v) is 8.65. The Morgan fingerprint density at radius 2 is 1.87 bits per heavy atom. The van der Waals surface area contributed by atoms with Crippen molar-refractivity contribution in [3.8, 4) is 0 Å². The maximum Gasteiger partial charge on any atom is 0.234 e. The Hall–Kier alpha value is -2.25. The van der Waals surface area contributed by atoms with Crippen molar-refractivity contribution in [2.45, 2.75) is 13.5 Å². The van der Waals surface area contributed by atoms with E-state index in [-0.39, 0.29) is 6.54 Å². The van der Waals surface area contributed by atoms with Gasteiger partial charge in [0.15, 0.2) is 0 Å². The number of aryl methyl sites for hydroxylation is 1. The Bertz CT molecular complexity index is 787. The predicted octanol–water partition coefficient (Wildman–Crippen LogP) is 1.94. The molecule has 0 radical (unpaired) electrons. The van der Waals surface area contributed by atoms with Gasteiger partial charge < -0.3 is 4.90 Å². The molecule has 0 saturated heterocycles. The largest absolute Gasteiger partial charge is 0.347 e. The zero-order valence-electron chi connectivity index (χ0n) is 13.4. The molecule has 0 saturated carbocycles. The predicted molar refractivity (Wildman–Crippen MR) is 92.3 cm³/mol. The summed E-state index contributed by atoms with van der Waals surface area (Å²) in [5, 5.41) is 1.16. The molecule has 1 aromatic carbocycles. The molecule has 1 aromatic heterocycles. The van der Waals surface area contributed by atoms with E-state index in [4.69, 9.17) is 0 Å². The lowest BCUT2D eigenvalue weighted by Gasteiger charge is -2.12. The fraction of sp³-hybridized carbons (Fsp3) is 0.250. The molecule has 7 heteroatoms. The monoisotopic (exact) mass is 332 g/mol. The number of benzene rings is 1. The molecule has 6 nitrogen and oxygen atoms in total. The zero-order valence-corrected chi connectivity index (χ0v) is 14.2. The van der Waals surface area contributed by atoms with Crippen molar-refractivity contribution in [2.24, 2.45) is 0 Å². The van der Waals surface area contributed by atoms with Crippen LogP contribution in [-0.2, 0) is 16.6 Å². The number of nitrogens with one attached hydrogen (secondary N) is 1. The number of hydrogen-bond donors (Lipinski definition) is 1. The van der Waals surface area contributed by atoms with Crippen LogP contribution in [0.4, 0.5) is 5.95 Å². The van der Waals surface area contributed by atoms with Gasteiger partial charge in [0.25, 0.3) is 0 Å². The first kappa shape index (κ1) is 17.1. The van der Waals surface area contributed by atoms with Gasteiger partial charge in [-0.3, -0.25) is 0 Å². The van der Waals surface area contributed by atoms with Gasteiger partial charge in [-0.05, 0) is 24.6 Å². The number of hydrogen-bond acceptors (Lipinski definition) is 5. The summed E-state index contributed by atoms with van der Waals surface area (Å²) < 4.78 is 26.6. The van der Waals surface area contributed by atoms with Crippen LogP contribution in [0.5, 0.6) is 0 Å². The molecule has 2 rings (SSSR count). The van der Waals surface area contributed by atoms with E-state index in [9.17, 15) is 8.42 Å². The van der Waals surface area contributed by atoms with Crippen LogP contribution < -0.4 is 9.62 Å². The van der Waals surface area contributed by atoms with E-state index < -0.39 is 10.0 Å². The molecule has 0 unspecified atom stereocenters. The molecule has 0 aliphatic rings. The first-order valence-electron chi connectivity index (χ1n) is 7.10. The van der Waals surface area contributed by atoms with Crippen LogP contribution in [0, 0.1) is 6.92 Å². The molecule has 0 amide bonds. The van der Waals surface area contributed by atoms with Crippen LogP contribution in [0.2, 0.25) is 0 Å². The summed E-state index contributed by atoms with van der Waals surface area (Å²) in [6.45, 7) is 1.97. The molecule has 1 heterocycles. The highest BCUT2D eigenvalue weighted by Crippen LogP contribution is 2.08. The third kappa shape index (κ3) is 5.46. The SMILES string of the molecule is Cc1cc(CNS(=O)(=O)/C=C/c2ccccc2)nc(N(C)C)n1. The maximum absolute atomic E-state index is 12.0. The van der Waals surface area contributed by atoms with Gasteiger partial charge in [-0.15, -0.1) is 0 Å². The zero-order chi connectivity index (χ0) is 16.9. The minimum Gasteiger partial charge on any atom is -0.347 e. The highest BCUT2D eigenvalue weighted by atomic mass is 32.2. The van der Waals surface area contributed by atoms with E-state index >= 15 is 0 Å². The van der Waals surface area contributed by atoms with Gasteiger partial charge in [0, 0.05) is 25.2 Å². The van der Waals surface area contributed by atoms with Gasteiger partial charge >= 0.3 is 0 Å². The van der Waals surface area contributed by atoms with Crippen molar-refractivity contribution in [3.63, 3.8) is 0 Å². The summed E-state index contributed by atoms with van der Waals surface area (Å²) in [6.07, 6.45) is 1.55. The molecule has 0 aliphatic heterocycles. The molecule has 0 fully saturated rings. The van der Waals surface area contributed by atoms with Crippen LogP contribution in [0.15, 0.2) is 41.8 Å². The van der Waals surface area contributed by atoms with Gasteiger partial charge in [-0.1, -0.05) is 30.3 Å². The average molecular weight is 332 g/mol. The summed E-state index contributed by atoms with van der Waals surface area (Å²) in [5.74, 6) is 0.555. The second-order valence-corrected chi connectivity index (χ2v) is 6.93. The van der Waals surface area contributed by atoms with E-state index in [0.29, 0.717) is 11.6 Å². The van der Waals surface area contributed by atoms with Crippen LogP contribution in [-0.4, -0.2) is 32.5 Å². The van der Waals surface area contributed by atoms with Crippen LogP contribution in [0.1, 0.15) is 17.0 Å². The Morgan fingerprint density at radius 3 is 2.52 bits per heavy atom. The molecule has 0 atom stereocenters. The van der Waals surface area contributed by atoms with Crippen molar-refractivity contribution in [1.29, 1.82) is 0 Å². The minimum atomic E-state index is -3.53. The fourth-order valence-electron chi connectivity index (χ4n) is 1.86. The van der Waals surface area contributed by atoms with E-state index in [1.165, 1.54) is 0 Å². The van der Waals surface area contributed by atoms with Gasteiger partial charge in [0.2, 0.25) is 16.0 Å². The topological polar surface area (TPSA) is 75.2 Å². The number of nitrogens with zero attached hydrogens (tertiary/aromatic N) is 3. The first-order chi connectivity index (χ1) is 10.9. The Kier molecular flexibility index (Phi) is 5.46. The van der Waals surface area contributed by atoms with E-state index in [1.54, 1.807) is 17.0 Å². The van der Waals surface area contributed by atoms with Crippen LogP contribution in [0.25, 0.3) is 6.08 Å². The van der Waals surface area contributed by atoms with Crippen molar-refractivity contribution >= 4 is 22.0 Å². The second-order valence-electron chi connectivity index (χ2n) is 5.27. The van der Waals surface area contributed by atoms with Crippen molar-refractivity contribution in [1.82, 2.24) is 14.7 Å². The highest BCUT2D eigenvalue weighted by molar-refractivity contribution is 7.92. The molecule has 1 N–H and O–H groups in total. The van der Waals surface area contributed by atoms with Gasteiger partial charge in [0.1, 0.15) is 0 Å². The number of rotatable bonds is 6. The fourth-order valence-corrected chi connectivity index (χ4v) is 2.64. The van der Waals surface area contributed by atoms with E-state index in [1.807, 2.05) is 51.4 Å². The van der Waals surface area contributed by atoms with Crippen LogP contribution in [0.3, 0.4) is 0 Å². The standard InChI is InChI=1S/C16H20N4O2S/c1-13-11-15(19-16(18-13)20(2)3)12-17-23(21,22)10-9-14-7-5-4-6-8-14/h4-11,17H,12H2,1-3H3/b10-9+. The lowest BCUT2D eigenvalue weighted by molar-refractivity contribution is 0.589. The Morgan fingerprint density at radius 1 is 1.17 bits per heavy atom. The van der Waals surface area contributed by atoms with Crippen molar-refractivity contribution in [3.05, 3.63) is 58.8 Å². The molecule has 23 heavy (non-hydrogen) atoms. The summed E-state index contributed by atoms with van der Waals surface area (Å²) in [7, 11) is 0.149. The Labute approximate surface area is 136 Å². The summed E-state index contributed by atoms with van der Waals surface area (Å²) in [6, 6.07) is 11.0. The van der Waals surface area contributed by atoms with Crippen LogP contribution >= 0.6 is 0 Å². The number of sulfonamides is 1. The maximum atomic E-state index is 12.0. The lowest BCUT2D eigenvalue weighted by Crippen LogP contribution is -2.22. The Balaban J connectivity index is 2.06. The van der Waals surface area contributed by atoms with Gasteiger partial charge in [-0.2, -0.15) is 0 Å². The molecule has 2 aromatic rings. The van der Waals surface area contributed by atoms with E-state index in [2.05, 4.69) is 14.7 Å². The third-order valence-electron chi connectivity index (χ3n) is 2.99. The molecule has 0 spiro atoms. The van der Waals surface area contributed by atoms with Crippen molar-refractivity contribution in [2.75, 3.05) is 19.0 Å². The van der Waals surface area contributed by atoms with Crippen molar-refractivity contribution < 1.29 is 8.42 Å². The molecule has 0 aliphatic carbocycles. The summed E-state index contributed by atoms with van der Waals surface area (Å²) in [4.78, 5) is 10.4. The average Bonchev–Trinajstić information content (AvgIpc) is 2.52. The summed E-state index contributed by atoms with van der Waals surface area (Å²) >= 11 is 0. The molecular formula is C16H20N4O2S. The highest BCUT2D eigenvalue weighted by Gasteiger charge is 2.08. The minimum absolute atomic E-state index is 0.117. The van der Waals surface area contributed by atoms with Gasteiger partial charge in [0.05, 0.1) is 12.2 Å². The van der Waals surface area contributed by atoms with Gasteiger partial charge in [-0.25, -0.2) is 23.1 Å². The third-order valence-corrected chi connectivity index (χ3v) is 4.03. The number of aromatic nitrogens is 2. The second kappa shape index (κ2) is 7.34.